The predicted molar refractivity (Wildman–Crippen MR) is 173 cm³/mol. The summed E-state index contributed by atoms with van der Waals surface area (Å²) in [5.74, 6) is 2.33. The molecule has 9 heteroatoms. The SMILES string of the molecule is Cn1ccnc1-c1ccc(OCC(O)CNCCOc2ccc(OCc3ccccc3)c(C(=O)NCc3ccccc3)c2)cc1. The molecular formula is C36H38N4O5. The van der Waals surface area contributed by atoms with Gasteiger partial charge in [-0.15, -0.1) is 0 Å². The first-order valence-corrected chi connectivity index (χ1v) is 14.9. The lowest BCUT2D eigenvalue weighted by molar-refractivity contribution is 0.0945. The van der Waals surface area contributed by atoms with Gasteiger partial charge < -0.3 is 34.5 Å². The lowest BCUT2D eigenvalue weighted by Crippen LogP contribution is -2.33. The van der Waals surface area contributed by atoms with Crippen LogP contribution >= 0.6 is 0 Å². The summed E-state index contributed by atoms with van der Waals surface area (Å²) in [6.45, 7) is 2.08. The van der Waals surface area contributed by atoms with Gasteiger partial charge in [0, 0.05) is 44.6 Å². The third-order valence-electron chi connectivity index (χ3n) is 7.03. The zero-order chi connectivity index (χ0) is 31.3. The minimum Gasteiger partial charge on any atom is -0.492 e. The van der Waals surface area contributed by atoms with Crippen molar-refractivity contribution in [1.82, 2.24) is 20.2 Å². The van der Waals surface area contributed by atoms with Crippen LogP contribution in [0.15, 0.2) is 116 Å². The molecule has 0 aliphatic heterocycles. The van der Waals surface area contributed by atoms with E-state index in [2.05, 4.69) is 15.6 Å². The van der Waals surface area contributed by atoms with Gasteiger partial charge >= 0.3 is 0 Å². The highest BCUT2D eigenvalue weighted by molar-refractivity contribution is 5.97. The molecule has 4 aromatic carbocycles. The summed E-state index contributed by atoms with van der Waals surface area (Å²) in [6, 6.07) is 32.4. The fourth-order valence-corrected chi connectivity index (χ4v) is 4.62. The number of nitrogens with one attached hydrogen (secondary N) is 2. The van der Waals surface area contributed by atoms with Crippen molar-refractivity contribution in [2.24, 2.45) is 7.05 Å². The molecule has 0 bridgehead atoms. The Balaban J connectivity index is 1.08. The number of carbonyl (C=O) groups is 1. The highest BCUT2D eigenvalue weighted by Gasteiger charge is 2.15. The first-order valence-electron chi connectivity index (χ1n) is 14.9. The minimum absolute atomic E-state index is 0.154. The first-order chi connectivity index (χ1) is 22.0. The fraction of sp³-hybridized carbons (Fsp3) is 0.222. The quantitative estimate of drug-likeness (QED) is 0.136. The van der Waals surface area contributed by atoms with E-state index in [9.17, 15) is 9.90 Å². The van der Waals surface area contributed by atoms with Crippen LogP contribution in [0.25, 0.3) is 11.4 Å². The number of aliphatic hydroxyl groups is 1. The number of aryl methyl sites for hydroxylation is 1. The minimum atomic E-state index is -0.694. The largest absolute Gasteiger partial charge is 0.492 e. The van der Waals surface area contributed by atoms with Gasteiger partial charge in [0.1, 0.15) is 49.0 Å². The first kappa shape index (κ1) is 31.3. The molecule has 1 heterocycles. The molecule has 5 aromatic rings. The molecule has 0 saturated carbocycles. The van der Waals surface area contributed by atoms with Crippen LogP contribution in [-0.4, -0.2) is 53.0 Å². The van der Waals surface area contributed by atoms with E-state index in [1.165, 1.54) is 0 Å². The van der Waals surface area contributed by atoms with Crippen molar-refractivity contribution in [3.05, 3.63) is 132 Å². The number of hydrogen-bond acceptors (Lipinski definition) is 7. The molecule has 9 nitrogen and oxygen atoms in total. The van der Waals surface area contributed by atoms with Crippen molar-refractivity contribution in [2.75, 3.05) is 26.3 Å². The molecule has 0 spiro atoms. The Morgan fingerprint density at radius 1 is 0.867 bits per heavy atom. The summed E-state index contributed by atoms with van der Waals surface area (Å²) in [5.41, 5.74) is 3.40. The molecule has 0 aliphatic carbocycles. The number of hydrogen-bond donors (Lipinski definition) is 3. The molecule has 232 valence electrons. The normalized spacial score (nSPS) is 11.5. The molecule has 1 aromatic heterocycles. The van der Waals surface area contributed by atoms with Gasteiger partial charge in [-0.05, 0) is 53.6 Å². The van der Waals surface area contributed by atoms with Gasteiger partial charge in [0.15, 0.2) is 0 Å². The van der Waals surface area contributed by atoms with Crippen molar-refractivity contribution in [1.29, 1.82) is 0 Å². The second kappa shape index (κ2) is 16.1. The third-order valence-corrected chi connectivity index (χ3v) is 7.03. The molecule has 1 atom stereocenters. The summed E-state index contributed by atoms with van der Waals surface area (Å²) in [6.07, 6.45) is 2.97. The molecule has 0 fully saturated rings. The summed E-state index contributed by atoms with van der Waals surface area (Å²) < 4.78 is 19.6. The smallest absolute Gasteiger partial charge is 0.255 e. The maximum atomic E-state index is 13.2. The van der Waals surface area contributed by atoms with E-state index in [1.807, 2.05) is 103 Å². The standard InChI is InChI=1S/C36H38N4O5/c1-40-20-18-38-35(40)29-12-14-31(15-13-29)44-26-30(41)24-37-19-21-43-32-16-17-34(45-25-28-10-6-3-7-11-28)33(22-32)36(42)39-23-27-8-4-2-5-9-27/h2-18,20,22,30,37,41H,19,21,23-26H2,1H3,(H,39,42). The van der Waals surface area contributed by atoms with Crippen LogP contribution in [0, 0.1) is 0 Å². The maximum Gasteiger partial charge on any atom is 0.255 e. The number of amides is 1. The van der Waals surface area contributed by atoms with E-state index in [-0.39, 0.29) is 12.5 Å². The number of ether oxygens (including phenoxy) is 3. The van der Waals surface area contributed by atoms with Crippen molar-refractivity contribution < 1.29 is 24.1 Å². The van der Waals surface area contributed by atoms with Crippen LogP contribution in [0.4, 0.5) is 0 Å². The zero-order valence-electron chi connectivity index (χ0n) is 25.3. The number of aromatic nitrogens is 2. The second-order valence-corrected chi connectivity index (χ2v) is 10.5. The molecular weight excluding hydrogens is 568 g/mol. The summed E-state index contributed by atoms with van der Waals surface area (Å²) in [4.78, 5) is 17.5. The topological polar surface area (TPSA) is 107 Å². The van der Waals surface area contributed by atoms with Crippen LogP contribution in [0.3, 0.4) is 0 Å². The van der Waals surface area contributed by atoms with Gasteiger partial charge in [0.05, 0.1) is 5.56 Å². The fourth-order valence-electron chi connectivity index (χ4n) is 4.62. The number of aliphatic hydroxyl groups excluding tert-OH is 1. The highest BCUT2D eigenvalue weighted by Crippen LogP contribution is 2.26. The van der Waals surface area contributed by atoms with E-state index in [0.29, 0.717) is 55.7 Å². The van der Waals surface area contributed by atoms with Crippen molar-refractivity contribution in [3.8, 4) is 28.6 Å². The Morgan fingerprint density at radius 3 is 2.29 bits per heavy atom. The number of rotatable bonds is 16. The van der Waals surface area contributed by atoms with Crippen LogP contribution in [-0.2, 0) is 20.2 Å². The molecule has 0 saturated heterocycles. The maximum absolute atomic E-state index is 13.2. The Kier molecular flexibility index (Phi) is 11.2. The molecule has 5 rings (SSSR count). The van der Waals surface area contributed by atoms with Crippen LogP contribution in [0.5, 0.6) is 17.2 Å². The Hall–Kier alpha value is -5.12. The predicted octanol–water partition coefficient (Wildman–Crippen LogP) is 5.00. The van der Waals surface area contributed by atoms with Crippen LogP contribution in [0.2, 0.25) is 0 Å². The van der Waals surface area contributed by atoms with Crippen LogP contribution < -0.4 is 24.8 Å². The van der Waals surface area contributed by atoms with E-state index in [1.54, 1.807) is 24.4 Å². The monoisotopic (exact) mass is 606 g/mol. The molecule has 1 amide bonds. The average Bonchev–Trinajstić information content (AvgIpc) is 3.52. The number of nitrogens with zero attached hydrogens (tertiary/aromatic N) is 2. The van der Waals surface area contributed by atoms with Gasteiger partial charge in [-0.3, -0.25) is 4.79 Å². The van der Waals surface area contributed by atoms with Gasteiger partial charge in [-0.2, -0.15) is 0 Å². The van der Waals surface area contributed by atoms with E-state index in [4.69, 9.17) is 14.2 Å². The van der Waals surface area contributed by atoms with E-state index >= 15 is 0 Å². The zero-order valence-corrected chi connectivity index (χ0v) is 25.3. The van der Waals surface area contributed by atoms with Crippen molar-refractivity contribution in [3.63, 3.8) is 0 Å². The molecule has 1 unspecified atom stereocenters. The van der Waals surface area contributed by atoms with E-state index in [0.717, 1.165) is 22.5 Å². The van der Waals surface area contributed by atoms with Crippen LogP contribution in [0.1, 0.15) is 21.5 Å². The van der Waals surface area contributed by atoms with Gasteiger partial charge in [-0.25, -0.2) is 4.98 Å². The van der Waals surface area contributed by atoms with Crippen molar-refractivity contribution >= 4 is 5.91 Å². The van der Waals surface area contributed by atoms with Gasteiger partial charge in [-0.1, -0.05) is 60.7 Å². The van der Waals surface area contributed by atoms with Gasteiger partial charge in [0.25, 0.3) is 5.91 Å². The number of benzene rings is 4. The third kappa shape index (κ3) is 9.43. The summed E-state index contributed by atoms with van der Waals surface area (Å²) in [7, 11) is 1.95. The number of imidazole rings is 1. The molecule has 0 radical (unpaired) electrons. The molecule has 0 aliphatic rings. The lowest BCUT2D eigenvalue weighted by Gasteiger charge is -2.15. The highest BCUT2D eigenvalue weighted by atomic mass is 16.5. The van der Waals surface area contributed by atoms with E-state index < -0.39 is 6.10 Å². The van der Waals surface area contributed by atoms with Gasteiger partial charge in [0.2, 0.25) is 0 Å². The molecule has 3 N–H and O–H groups in total. The Bertz CT molecular complexity index is 1620. The number of carbonyl (C=O) groups excluding carboxylic acids is 1. The summed E-state index contributed by atoms with van der Waals surface area (Å²) in [5, 5.41) is 16.5. The molecule has 45 heavy (non-hydrogen) atoms. The second-order valence-electron chi connectivity index (χ2n) is 10.5. The average molecular weight is 607 g/mol. The Morgan fingerprint density at radius 2 is 1.58 bits per heavy atom. The summed E-state index contributed by atoms with van der Waals surface area (Å²) >= 11 is 0. The Labute approximate surface area is 263 Å². The van der Waals surface area contributed by atoms with Crippen molar-refractivity contribution in [2.45, 2.75) is 19.3 Å². The lowest BCUT2D eigenvalue weighted by atomic mass is 10.1.